The number of nitrogens with zero attached hydrogens (tertiary/aromatic N) is 5. The Kier molecular flexibility index (Phi) is 4.18. The van der Waals surface area contributed by atoms with Crippen molar-refractivity contribution in [3.05, 3.63) is 20.8 Å². The van der Waals surface area contributed by atoms with Crippen molar-refractivity contribution in [2.45, 2.75) is 26.8 Å². The second-order valence-corrected chi connectivity index (χ2v) is 7.12. The number of imidazole rings is 1. The van der Waals surface area contributed by atoms with Gasteiger partial charge in [0.15, 0.2) is 11.2 Å². The van der Waals surface area contributed by atoms with Gasteiger partial charge in [0.05, 0.1) is 0 Å². The molecule has 9 heteroatoms. The van der Waals surface area contributed by atoms with Crippen molar-refractivity contribution in [1.29, 1.82) is 0 Å². The molecule has 0 saturated carbocycles. The van der Waals surface area contributed by atoms with Crippen molar-refractivity contribution in [2.75, 3.05) is 18.0 Å². The maximum atomic E-state index is 12.6. The summed E-state index contributed by atoms with van der Waals surface area (Å²) in [6.45, 7) is 5.38. The van der Waals surface area contributed by atoms with E-state index in [-0.39, 0.29) is 17.7 Å². The molecule has 2 aromatic rings. The molecule has 0 bridgehead atoms. The number of rotatable bonds is 3. The van der Waals surface area contributed by atoms with Crippen LogP contribution in [0.4, 0.5) is 5.95 Å². The van der Waals surface area contributed by atoms with Gasteiger partial charge in [0.25, 0.3) is 5.56 Å². The Morgan fingerprint density at radius 1 is 1.16 bits per heavy atom. The highest BCUT2D eigenvalue weighted by Crippen LogP contribution is 2.27. The van der Waals surface area contributed by atoms with Crippen LogP contribution in [0.1, 0.15) is 20.3 Å². The molecule has 3 heterocycles. The van der Waals surface area contributed by atoms with Gasteiger partial charge in [0, 0.05) is 27.2 Å². The molecule has 0 radical (unpaired) electrons. The molecule has 1 fully saturated rings. The van der Waals surface area contributed by atoms with E-state index in [0.717, 1.165) is 24.1 Å². The highest BCUT2D eigenvalue weighted by molar-refractivity contribution is 5.78. The van der Waals surface area contributed by atoms with E-state index in [1.807, 2.05) is 4.90 Å². The largest absolute Gasteiger partial charge is 0.480 e. The number of carboxylic acids is 1. The molecular formula is C16H23N5O4. The number of aliphatic carboxylic acids is 1. The third kappa shape index (κ3) is 2.83. The number of carboxylic acid groups (broad SMARTS) is 1. The zero-order valence-electron chi connectivity index (χ0n) is 14.9. The van der Waals surface area contributed by atoms with Crippen LogP contribution >= 0.6 is 0 Å². The Morgan fingerprint density at radius 3 is 2.32 bits per heavy atom. The fourth-order valence-electron chi connectivity index (χ4n) is 3.79. The Morgan fingerprint density at radius 2 is 1.76 bits per heavy atom. The standard InChI is InChI=1S/C16H23N5O4/c1-9-5-10(2)7-20(6-9)15-17-13-12(21(15)8-11(22)23)14(24)19(4)16(25)18(13)3/h9-10H,5-8H2,1-4H3,(H,22,23)/t9-,10+. The van der Waals surface area contributed by atoms with Gasteiger partial charge in [-0.05, 0) is 18.3 Å². The van der Waals surface area contributed by atoms with E-state index < -0.39 is 17.2 Å². The summed E-state index contributed by atoms with van der Waals surface area (Å²) in [6, 6.07) is 0. The van der Waals surface area contributed by atoms with Gasteiger partial charge in [-0.25, -0.2) is 4.79 Å². The number of hydrogen-bond acceptors (Lipinski definition) is 5. The van der Waals surface area contributed by atoms with Crippen LogP contribution in [0.15, 0.2) is 9.59 Å². The minimum atomic E-state index is -1.06. The van der Waals surface area contributed by atoms with Crippen molar-refractivity contribution in [3.8, 4) is 0 Å². The van der Waals surface area contributed by atoms with E-state index in [1.165, 1.54) is 23.2 Å². The van der Waals surface area contributed by atoms with Crippen LogP contribution in [0, 0.1) is 11.8 Å². The first-order chi connectivity index (χ1) is 11.7. The molecule has 1 aliphatic rings. The first-order valence-corrected chi connectivity index (χ1v) is 8.33. The molecule has 25 heavy (non-hydrogen) atoms. The normalized spacial score (nSPS) is 21.0. The summed E-state index contributed by atoms with van der Waals surface area (Å²) in [5, 5.41) is 9.31. The lowest BCUT2D eigenvalue weighted by molar-refractivity contribution is -0.137. The monoisotopic (exact) mass is 349 g/mol. The van der Waals surface area contributed by atoms with Crippen LogP contribution in [-0.2, 0) is 25.4 Å². The molecule has 1 aliphatic heterocycles. The molecule has 2 aromatic heterocycles. The maximum absolute atomic E-state index is 12.6. The van der Waals surface area contributed by atoms with Crippen molar-refractivity contribution < 1.29 is 9.90 Å². The Hall–Kier alpha value is -2.58. The molecule has 136 valence electrons. The first-order valence-electron chi connectivity index (χ1n) is 8.33. The van der Waals surface area contributed by atoms with Gasteiger partial charge in [-0.2, -0.15) is 4.98 Å². The summed E-state index contributed by atoms with van der Waals surface area (Å²) >= 11 is 0. The van der Waals surface area contributed by atoms with Gasteiger partial charge >= 0.3 is 11.7 Å². The smallest absolute Gasteiger partial charge is 0.332 e. The van der Waals surface area contributed by atoms with Gasteiger partial charge in [0.2, 0.25) is 5.95 Å². The Labute approximate surface area is 144 Å². The van der Waals surface area contributed by atoms with Crippen molar-refractivity contribution in [3.63, 3.8) is 0 Å². The minimum absolute atomic E-state index is 0.146. The predicted octanol–water partition coefficient (Wildman–Crippen LogP) is 0.000600. The molecule has 1 N–H and O–H groups in total. The van der Waals surface area contributed by atoms with Gasteiger partial charge in [0.1, 0.15) is 6.54 Å². The Balaban J connectivity index is 2.30. The molecule has 0 spiro atoms. The second kappa shape index (κ2) is 6.05. The third-order valence-electron chi connectivity index (χ3n) is 4.77. The lowest BCUT2D eigenvalue weighted by Crippen LogP contribution is -2.40. The van der Waals surface area contributed by atoms with Gasteiger partial charge < -0.3 is 10.0 Å². The number of aromatic nitrogens is 4. The molecular weight excluding hydrogens is 326 g/mol. The van der Waals surface area contributed by atoms with Crippen molar-refractivity contribution in [2.24, 2.45) is 25.9 Å². The highest BCUT2D eigenvalue weighted by atomic mass is 16.4. The van der Waals surface area contributed by atoms with E-state index in [1.54, 1.807) is 0 Å². The fourth-order valence-corrected chi connectivity index (χ4v) is 3.79. The average Bonchev–Trinajstić information content (AvgIpc) is 2.88. The summed E-state index contributed by atoms with van der Waals surface area (Å²) in [4.78, 5) is 42.7. The number of hydrogen-bond donors (Lipinski definition) is 1. The van der Waals surface area contributed by atoms with Gasteiger partial charge in [-0.15, -0.1) is 0 Å². The summed E-state index contributed by atoms with van der Waals surface area (Å²) in [7, 11) is 2.92. The van der Waals surface area contributed by atoms with Crippen LogP contribution in [0.5, 0.6) is 0 Å². The summed E-state index contributed by atoms with van der Waals surface area (Å²) in [5.74, 6) is 0.255. The zero-order valence-corrected chi connectivity index (χ0v) is 14.9. The third-order valence-corrected chi connectivity index (χ3v) is 4.77. The van der Waals surface area contributed by atoms with E-state index in [9.17, 15) is 19.5 Å². The maximum Gasteiger partial charge on any atom is 0.332 e. The zero-order chi connectivity index (χ0) is 18.5. The minimum Gasteiger partial charge on any atom is -0.480 e. The van der Waals surface area contributed by atoms with E-state index in [0.29, 0.717) is 17.8 Å². The highest BCUT2D eigenvalue weighted by Gasteiger charge is 2.28. The lowest BCUT2D eigenvalue weighted by atomic mass is 9.92. The van der Waals surface area contributed by atoms with Gasteiger partial charge in [-0.1, -0.05) is 13.8 Å². The van der Waals surface area contributed by atoms with Crippen molar-refractivity contribution in [1.82, 2.24) is 18.7 Å². The number of aryl methyl sites for hydroxylation is 1. The van der Waals surface area contributed by atoms with Crippen molar-refractivity contribution >= 4 is 23.1 Å². The Bertz CT molecular complexity index is 944. The van der Waals surface area contributed by atoms with Crippen LogP contribution in [0.25, 0.3) is 11.2 Å². The first kappa shape index (κ1) is 17.2. The molecule has 9 nitrogen and oxygen atoms in total. The van der Waals surface area contributed by atoms with Crippen LogP contribution in [0.3, 0.4) is 0 Å². The van der Waals surface area contributed by atoms with Gasteiger partial charge in [-0.3, -0.25) is 23.3 Å². The number of piperidine rings is 1. The summed E-state index contributed by atoms with van der Waals surface area (Å²) < 4.78 is 3.69. The van der Waals surface area contributed by atoms with E-state index in [2.05, 4.69) is 18.8 Å². The molecule has 2 atom stereocenters. The summed E-state index contributed by atoms with van der Waals surface area (Å²) in [6.07, 6.45) is 1.09. The number of carbonyl (C=O) groups is 1. The molecule has 0 aliphatic carbocycles. The molecule has 0 unspecified atom stereocenters. The number of fused-ring (bicyclic) bond motifs is 1. The lowest BCUT2D eigenvalue weighted by Gasteiger charge is -2.35. The van der Waals surface area contributed by atoms with Crippen LogP contribution in [-0.4, -0.2) is 42.9 Å². The predicted molar refractivity (Wildman–Crippen MR) is 93.0 cm³/mol. The SMILES string of the molecule is C[C@@H]1C[C@H](C)CN(c2nc3c(c(=O)n(C)c(=O)n3C)n2CC(=O)O)C1. The molecule has 0 aromatic carbocycles. The number of anilines is 1. The quantitative estimate of drug-likeness (QED) is 0.837. The van der Waals surface area contributed by atoms with E-state index in [4.69, 9.17) is 0 Å². The topological polar surface area (TPSA) is 102 Å². The van der Waals surface area contributed by atoms with Crippen LogP contribution < -0.4 is 16.1 Å². The molecule has 3 rings (SSSR count). The second-order valence-electron chi connectivity index (χ2n) is 7.12. The average molecular weight is 349 g/mol. The summed E-state index contributed by atoms with van der Waals surface area (Å²) in [5.41, 5.74) is -0.649. The van der Waals surface area contributed by atoms with E-state index >= 15 is 0 Å². The van der Waals surface area contributed by atoms with Crippen LogP contribution in [0.2, 0.25) is 0 Å². The molecule has 0 amide bonds. The molecule has 1 saturated heterocycles. The fraction of sp³-hybridized carbons (Fsp3) is 0.625.